The predicted molar refractivity (Wildman–Crippen MR) is 63.3 cm³/mol. The molecule has 1 amide bonds. The lowest BCUT2D eigenvalue weighted by atomic mass is 9.98. The third kappa shape index (κ3) is 3.07. The van der Waals surface area contributed by atoms with E-state index in [2.05, 4.69) is 5.32 Å². The van der Waals surface area contributed by atoms with Gasteiger partial charge in [-0.15, -0.1) is 0 Å². The molecule has 20 heavy (non-hydrogen) atoms. The van der Waals surface area contributed by atoms with Crippen molar-refractivity contribution in [2.75, 3.05) is 6.61 Å². The first-order valence-electron chi connectivity index (χ1n) is 6.27. The highest BCUT2D eigenvalue weighted by molar-refractivity contribution is 5.73. The van der Waals surface area contributed by atoms with Crippen molar-refractivity contribution in [1.29, 1.82) is 0 Å². The Bertz CT molecular complexity index is 394. The first-order valence-corrected chi connectivity index (χ1v) is 6.27. The Hall–Kier alpha value is -1.67. The van der Waals surface area contributed by atoms with Gasteiger partial charge in [-0.05, 0) is 0 Å². The Labute approximate surface area is 115 Å². The van der Waals surface area contributed by atoms with E-state index in [-0.39, 0.29) is 12.5 Å². The third-order valence-corrected chi connectivity index (χ3v) is 3.05. The van der Waals surface area contributed by atoms with Crippen molar-refractivity contribution >= 4 is 17.8 Å². The van der Waals surface area contributed by atoms with Crippen LogP contribution in [0.15, 0.2) is 0 Å². The van der Waals surface area contributed by atoms with Crippen LogP contribution in [-0.2, 0) is 33.3 Å². The quantitative estimate of drug-likeness (QED) is 0.672. The molecule has 0 aromatic heterocycles. The summed E-state index contributed by atoms with van der Waals surface area (Å²) in [5.41, 5.74) is 0. The van der Waals surface area contributed by atoms with E-state index in [1.165, 1.54) is 20.8 Å². The second-order valence-electron chi connectivity index (χ2n) is 4.75. The maximum Gasteiger partial charge on any atom is 0.303 e. The molecule has 2 heterocycles. The molecular formula is C12H17NO7. The van der Waals surface area contributed by atoms with Gasteiger partial charge < -0.3 is 24.3 Å². The Morgan fingerprint density at radius 3 is 2.20 bits per heavy atom. The van der Waals surface area contributed by atoms with E-state index < -0.39 is 42.6 Å². The lowest BCUT2D eigenvalue weighted by Crippen LogP contribution is -2.62. The summed E-state index contributed by atoms with van der Waals surface area (Å²) in [5, 5.41) is 2.61. The molecule has 0 radical (unpaired) electrons. The van der Waals surface area contributed by atoms with Gasteiger partial charge in [0, 0.05) is 20.8 Å². The molecule has 2 aliphatic heterocycles. The lowest BCUT2D eigenvalue weighted by Gasteiger charge is -2.39. The van der Waals surface area contributed by atoms with Crippen molar-refractivity contribution in [3.8, 4) is 0 Å². The summed E-state index contributed by atoms with van der Waals surface area (Å²) in [6, 6.07) is -0.723. The van der Waals surface area contributed by atoms with Gasteiger partial charge in [-0.3, -0.25) is 14.4 Å². The number of carbonyl (C=O) groups excluding carboxylic acids is 3. The SMILES string of the molecule is CC(=O)N[C@H]1[C@@H]2OC[C@H](O2)[C@@H](OC(C)=O)[C@@H]1OC(C)=O. The highest BCUT2D eigenvalue weighted by Gasteiger charge is 2.54. The van der Waals surface area contributed by atoms with Crippen LogP contribution in [-0.4, -0.2) is 55.1 Å². The second-order valence-corrected chi connectivity index (χ2v) is 4.75. The molecule has 2 saturated heterocycles. The van der Waals surface area contributed by atoms with Crippen LogP contribution in [0.2, 0.25) is 0 Å². The highest BCUT2D eigenvalue weighted by Crippen LogP contribution is 2.32. The van der Waals surface area contributed by atoms with Crippen LogP contribution < -0.4 is 5.32 Å². The molecule has 2 aliphatic rings. The molecule has 0 aromatic carbocycles. The van der Waals surface area contributed by atoms with Gasteiger partial charge in [-0.25, -0.2) is 0 Å². The molecule has 8 nitrogen and oxygen atoms in total. The van der Waals surface area contributed by atoms with Gasteiger partial charge in [0.15, 0.2) is 18.5 Å². The van der Waals surface area contributed by atoms with Crippen LogP contribution in [0.25, 0.3) is 0 Å². The van der Waals surface area contributed by atoms with Gasteiger partial charge in [0.2, 0.25) is 5.91 Å². The molecule has 2 rings (SSSR count). The van der Waals surface area contributed by atoms with E-state index in [4.69, 9.17) is 18.9 Å². The first kappa shape index (κ1) is 14.7. The zero-order valence-corrected chi connectivity index (χ0v) is 11.5. The fourth-order valence-electron chi connectivity index (χ4n) is 2.42. The van der Waals surface area contributed by atoms with E-state index in [1.54, 1.807) is 0 Å². The minimum Gasteiger partial charge on any atom is -0.456 e. The molecule has 0 spiro atoms. The van der Waals surface area contributed by atoms with Gasteiger partial charge in [0.05, 0.1) is 6.61 Å². The number of hydrogen-bond acceptors (Lipinski definition) is 7. The summed E-state index contributed by atoms with van der Waals surface area (Å²) in [7, 11) is 0. The molecular weight excluding hydrogens is 270 g/mol. The van der Waals surface area contributed by atoms with E-state index >= 15 is 0 Å². The minimum atomic E-state index is -0.841. The third-order valence-electron chi connectivity index (χ3n) is 3.05. The fraction of sp³-hybridized carbons (Fsp3) is 0.750. The van der Waals surface area contributed by atoms with Crippen molar-refractivity contribution in [2.24, 2.45) is 0 Å². The van der Waals surface area contributed by atoms with Gasteiger partial charge in [0.25, 0.3) is 0 Å². The number of esters is 2. The summed E-state index contributed by atoms with van der Waals surface area (Å²) < 4.78 is 21.3. The maximum absolute atomic E-state index is 11.3. The Morgan fingerprint density at radius 1 is 1.05 bits per heavy atom. The van der Waals surface area contributed by atoms with Crippen LogP contribution in [0.1, 0.15) is 20.8 Å². The number of amides is 1. The molecule has 0 aromatic rings. The van der Waals surface area contributed by atoms with Gasteiger partial charge in [-0.2, -0.15) is 0 Å². The van der Waals surface area contributed by atoms with Crippen LogP contribution in [0, 0.1) is 0 Å². The lowest BCUT2D eigenvalue weighted by molar-refractivity contribution is -0.214. The van der Waals surface area contributed by atoms with Crippen LogP contribution in [0.3, 0.4) is 0 Å². The Morgan fingerprint density at radius 2 is 1.65 bits per heavy atom. The van der Waals surface area contributed by atoms with Crippen molar-refractivity contribution in [3.05, 3.63) is 0 Å². The number of ether oxygens (including phenoxy) is 4. The number of carbonyl (C=O) groups is 3. The molecule has 5 atom stereocenters. The first-order chi connectivity index (χ1) is 9.38. The monoisotopic (exact) mass is 287 g/mol. The molecule has 0 saturated carbocycles. The van der Waals surface area contributed by atoms with E-state index in [0.717, 1.165) is 0 Å². The molecule has 112 valence electrons. The zero-order valence-electron chi connectivity index (χ0n) is 11.5. The smallest absolute Gasteiger partial charge is 0.303 e. The summed E-state index contributed by atoms with van der Waals surface area (Å²) in [5.74, 6) is -1.39. The van der Waals surface area contributed by atoms with E-state index in [9.17, 15) is 14.4 Å². The van der Waals surface area contributed by atoms with Gasteiger partial charge in [0.1, 0.15) is 12.1 Å². The van der Waals surface area contributed by atoms with Crippen molar-refractivity contribution in [1.82, 2.24) is 5.32 Å². The normalized spacial score (nSPS) is 35.2. The van der Waals surface area contributed by atoms with E-state index in [1.807, 2.05) is 0 Å². The fourth-order valence-corrected chi connectivity index (χ4v) is 2.42. The summed E-state index contributed by atoms with van der Waals surface area (Å²) in [6.07, 6.45) is -2.89. The number of nitrogens with one attached hydrogen (secondary N) is 1. The summed E-state index contributed by atoms with van der Waals surface area (Å²) in [4.78, 5) is 33.7. The largest absolute Gasteiger partial charge is 0.456 e. The maximum atomic E-state index is 11.3. The molecule has 0 aliphatic carbocycles. The average Bonchev–Trinajstić information content (AvgIpc) is 2.74. The summed E-state index contributed by atoms with van der Waals surface area (Å²) in [6.45, 7) is 4.02. The number of rotatable bonds is 3. The van der Waals surface area contributed by atoms with Crippen LogP contribution in [0.5, 0.6) is 0 Å². The Kier molecular flexibility index (Phi) is 4.24. The second kappa shape index (κ2) is 5.76. The highest BCUT2D eigenvalue weighted by atomic mass is 16.7. The molecule has 1 N–H and O–H groups in total. The standard InChI is InChI=1S/C12H17NO7/c1-5(14)13-9-11(19-7(3)16)10(18-6(2)15)8-4-17-12(9)20-8/h8-12H,4H2,1-3H3,(H,13,14)/t8-,9+,10+,11+,12+/m0/s1. The molecule has 0 unspecified atom stereocenters. The topological polar surface area (TPSA) is 100 Å². The average molecular weight is 287 g/mol. The number of fused-ring (bicyclic) bond motifs is 2. The van der Waals surface area contributed by atoms with Crippen LogP contribution in [0.4, 0.5) is 0 Å². The van der Waals surface area contributed by atoms with Crippen molar-refractivity contribution < 1.29 is 33.3 Å². The summed E-state index contributed by atoms with van der Waals surface area (Å²) >= 11 is 0. The van der Waals surface area contributed by atoms with Crippen molar-refractivity contribution in [2.45, 2.75) is 51.4 Å². The number of hydrogen-bond donors (Lipinski definition) is 1. The van der Waals surface area contributed by atoms with Gasteiger partial charge >= 0.3 is 11.9 Å². The Balaban J connectivity index is 2.24. The minimum absolute atomic E-state index is 0.205. The van der Waals surface area contributed by atoms with E-state index in [0.29, 0.717) is 0 Å². The predicted octanol–water partition coefficient (Wildman–Crippen LogP) is -0.890. The van der Waals surface area contributed by atoms with Gasteiger partial charge in [-0.1, -0.05) is 0 Å². The zero-order chi connectivity index (χ0) is 14.9. The van der Waals surface area contributed by atoms with Crippen molar-refractivity contribution in [3.63, 3.8) is 0 Å². The molecule has 2 bridgehead atoms. The molecule has 2 fully saturated rings. The van der Waals surface area contributed by atoms with Crippen LogP contribution >= 0.6 is 0 Å². The molecule has 8 heteroatoms.